The Morgan fingerprint density at radius 3 is 2.50 bits per heavy atom. The molecule has 8 heteroatoms. The monoisotopic (exact) mass is 316 g/mol. The highest BCUT2D eigenvalue weighted by Crippen LogP contribution is 2.21. The van der Waals surface area contributed by atoms with Gasteiger partial charge in [-0.05, 0) is 29.8 Å². The molecule has 0 fully saturated rings. The van der Waals surface area contributed by atoms with Crippen molar-refractivity contribution in [3.63, 3.8) is 0 Å². The molecule has 116 valence electrons. The second-order valence-corrected chi connectivity index (χ2v) is 4.87. The summed E-state index contributed by atoms with van der Waals surface area (Å²) >= 11 is 0. The average Bonchev–Trinajstić information content (AvgIpc) is 3.08. The largest absolute Gasteiger partial charge is 0.265 e. The first-order valence-corrected chi connectivity index (χ1v) is 7.20. The molecule has 4 rings (SSSR count). The van der Waals surface area contributed by atoms with Crippen molar-refractivity contribution in [3.8, 4) is 5.69 Å². The van der Waals surface area contributed by atoms with Crippen molar-refractivity contribution in [2.24, 2.45) is 5.10 Å². The summed E-state index contributed by atoms with van der Waals surface area (Å²) < 4.78 is 1.73. The summed E-state index contributed by atoms with van der Waals surface area (Å²) in [6, 6.07) is 7.46. The van der Waals surface area contributed by atoms with Gasteiger partial charge in [-0.2, -0.15) is 10.2 Å². The minimum atomic E-state index is 0.589. The van der Waals surface area contributed by atoms with Crippen LogP contribution in [0.5, 0.6) is 0 Å². The second-order valence-electron chi connectivity index (χ2n) is 4.87. The molecule has 0 amide bonds. The number of nitrogens with zero attached hydrogens (tertiary/aromatic N) is 7. The van der Waals surface area contributed by atoms with E-state index in [0.717, 1.165) is 16.6 Å². The van der Waals surface area contributed by atoms with Gasteiger partial charge in [0.25, 0.3) is 0 Å². The molecule has 4 aromatic heterocycles. The molecule has 4 aromatic rings. The van der Waals surface area contributed by atoms with E-state index in [4.69, 9.17) is 0 Å². The first-order valence-electron chi connectivity index (χ1n) is 7.20. The first kappa shape index (κ1) is 13.9. The van der Waals surface area contributed by atoms with Gasteiger partial charge in [0.15, 0.2) is 11.5 Å². The summed E-state index contributed by atoms with van der Waals surface area (Å²) in [5.74, 6) is 0.589. The molecule has 0 saturated heterocycles. The van der Waals surface area contributed by atoms with E-state index in [0.29, 0.717) is 11.5 Å². The standard InChI is InChI=1S/C16H12N8/c1-5-17-6-2-12(1)9-21-23-15-14-10-22-24(16(14)20-11-19-15)13-3-7-18-8-4-13/h1-11H,(H,19,20,23). The van der Waals surface area contributed by atoms with E-state index in [1.54, 1.807) is 41.9 Å². The number of hydrogen-bond donors (Lipinski definition) is 1. The zero-order valence-electron chi connectivity index (χ0n) is 12.5. The number of anilines is 1. The average molecular weight is 316 g/mol. The summed E-state index contributed by atoms with van der Waals surface area (Å²) in [6.45, 7) is 0. The molecule has 0 radical (unpaired) electrons. The van der Waals surface area contributed by atoms with Crippen LogP contribution in [0, 0.1) is 0 Å². The van der Waals surface area contributed by atoms with E-state index in [2.05, 4.69) is 35.6 Å². The summed E-state index contributed by atoms with van der Waals surface area (Å²) in [4.78, 5) is 16.5. The van der Waals surface area contributed by atoms with Gasteiger partial charge in [0.05, 0.1) is 23.5 Å². The van der Waals surface area contributed by atoms with Crippen molar-refractivity contribution < 1.29 is 0 Å². The van der Waals surface area contributed by atoms with Crippen LogP contribution in [0.4, 0.5) is 5.82 Å². The van der Waals surface area contributed by atoms with Crippen LogP contribution in [0.1, 0.15) is 5.56 Å². The van der Waals surface area contributed by atoms with Gasteiger partial charge in [-0.3, -0.25) is 15.4 Å². The van der Waals surface area contributed by atoms with Gasteiger partial charge in [0, 0.05) is 24.8 Å². The van der Waals surface area contributed by atoms with E-state index >= 15 is 0 Å². The molecule has 4 heterocycles. The van der Waals surface area contributed by atoms with Crippen molar-refractivity contribution in [2.45, 2.75) is 0 Å². The van der Waals surface area contributed by atoms with E-state index in [1.807, 2.05) is 24.3 Å². The maximum absolute atomic E-state index is 4.38. The molecule has 0 aliphatic carbocycles. The summed E-state index contributed by atoms with van der Waals surface area (Å²) in [5.41, 5.74) is 5.45. The maximum atomic E-state index is 4.38. The number of fused-ring (bicyclic) bond motifs is 1. The van der Waals surface area contributed by atoms with Gasteiger partial charge in [0.1, 0.15) is 6.33 Å². The van der Waals surface area contributed by atoms with E-state index in [-0.39, 0.29) is 0 Å². The Labute approximate surface area is 136 Å². The predicted molar refractivity (Wildman–Crippen MR) is 89.9 cm³/mol. The quantitative estimate of drug-likeness (QED) is 0.457. The molecule has 1 N–H and O–H groups in total. The van der Waals surface area contributed by atoms with E-state index in [9.17, 15) is 0 Å². The van der Waals surface area contributed by atoms with Crippen LogP contribution in [-0.2, 0) is 0 Å². The number of rotatable bonds is 4. The van der Waals surface area contributed by atoms with Crippen molar-refractivity contribution in [1.82, 2.24) is 29.7 Å². The molecule has 0 aromatic carbocycles. The van der Waals surface area contributed by atoms with Crippen LogP contribution in [0.15, 0.2) is 66.7 Å². The molecule has 0 aliphatic rings. The second kappa shape index (κ2) is 6.21. The predicted octanol–water partition coefficient (Wildman–Crippen LogP) is 2.05. The fourth-order valence-corrected chi connectivity index (χ4v) is 2.22. The lowest BCUT2D eigenvalue weighted by Crippen LogP contribution is -1.99. The number of hydrazone groups is 1. The van der Waals surface area contributed by atoms with Crippen molar-refractivity contribution in [1.29, 1.82) is 0 Å². The normalized spacial score (nSPS) is 11.2. The molecule has 24 heavy (non-hydrogen) atoms. The summed E-state index contributed by atoms with van der Waals surface area (Å²) in [6.07, 6.45) is 11.7. The summed E-state index contributed by atoms with van der Waals surface area (Å²) in [7, 11) is 0. The van der Waals surface area contributed by atoms with E-state index < -0.39 is 0 Å². The Bertz CT molecular complexity index is 979. The maximum Gasteiger partial charge on any atom is 0.168 e. The molecular weight excluding hydrogens is 304 g/mol. The minimum absolute atomic E-state index is 0.589. The van der Waals surface area contributed by atoms with E-state index in [1.165, 1.54) is 6.33 Å². The molecule has 0 saturated carbocycles. The topological polar surface area (TPSA) is 93.8 Å². The third-order valence-corrected chi connectivity index (χ3v) is 3.36. The molecular formula is C16H12N8. The Balaban J connectivity index is 1.65. The zero-order chi connectivity index (χ0) is 16.2. The molecule has 0 atom stereocenters. The van der Waals surface area contributed by atoms with Crippen LogP contribution >= 0.6 is 0 Å². The fraction of sp³-hybridized carbons (Fsp3) is 0. The van der Waals surface area contributed by atoms with Crippen LogP contribution in [0.25, 0.3) is 16.7 Å². The van der Waals surface area contributed by atoms with Crippen molar-refractivity contribution >= 4 is 23.1 Å². The van der Waals surface area contributed by atoms with Crippen LogP contribution in [0.2, 0.25) is 0 Å². The molecule has 8 nitrogen and oxygen atoms in total. The minimum Gasteiger partial charge on any atom is -0.265 e. The summed E-state index contributed by atoms with van der Waals surface area (Å²) in [5, 5.41) is 9.36. The van der Waals surface area contributed by atoms with Crippen LogP contribution in [-0.4, -0.2) is 35.9 Å². The third kappa shape index (κ3) is 2.68. The smallest absolute Gasteiger partial charge is 0.168 e. The molecule has 0 unspecified atom stereocenters. The van der Waals surface area contributed by atoms with Crippen molar-refractivity contribution in [2.75, 3.05) is 5.43 Å². The first-order chi connectivity index (χ1) is 11.9. The third-order valence-electron chi connectivity index (χ3n) is 3.36. The SMILES string of the molecule is C(=NNc1ncnc2c1cnn2-c1ccncc1)c1ccncc1. The highest BCUT2D eigenvalue weighted by atomic mass is 15.3. The lowest BCUT2D eigenvalue weighted by atomic mass is 10.3. The van der Waals surface area contributed by atoms with Gasteiger partial charge in [-0.25, -0.2) is 14.6 Å². The number of aromatic nitrogens is 6. The Morgan fingerprint density at radius 2 is 1.71 bits per heavy atom. The number of pyridine rings is 2. The molecule has 0 bridgehead atoms. The zero-order valence-corrected chi connectivity index (χ0v) is 12.5. The van der Waals surface area contributed by atoms with Gasteiger partial charge in [0.2, 0.25) is 0 Å². The highest BCUT2D eigenvalue weighted by molar-refractivity contribution is 5.88. The van der Waals surface area contributed by atoms with Crippen LogP contribution < -0.4 is 5.43 Å². The lowest BCUT2D eigenvalue weighted by molar-refractivity contribution is 0.892. The lowest BCUT2D eigenvalue weighted by Gasteiger charge is -2.03. The highest BCUT2D eigenvalue weighted by Gasteiger charge is 2.10. The Morgan fingerprint density at radius 1 is 0.958 bits per heavy atom. The van der Waals surface area contributed by atoms with Gasteiger partial charge in [-0.1, -0.05) is 0 Å². The molecule has 0 aliphatic heterocycles. The Kier molecular flexibility index (Phi) is 3.61. The molecule has 0 spiro atoms. The van der Waals surface area contributed by atoms with Crippen LogP contribution in [0.3, 0.4) is 0 Å². The number of nitrogens with one attached hydrogen (secondary N) is 1. The van der Waals surface area contributed by atoms with Crippen molar-refractivity contribution in [3.05, 3.63) is 67.1 Å². The Hall–Kier alpha value is -3.68. The van der Waals surface area contributed by atoms with Gasteiger partial charge < -0.3 is 0 Å². The van der Waals surface area contributed by atoms with Gasteiger partial charge in [-0.15, -0.1) is 0 Å². The number of hydrogen-bond acceptors (Lipinski definition) is 7. The fourth-order valence-electron chi connectivity index (χ4n) is 2.22. The van der Waals surface area contributed by atoms with Gasteiger partial charge >= 0.3 is 0 Å².